The van der Waals surface area contributed by atoms with Crippen LogP contribution < -0.4 is 14.2 Å². The molecule has 1 aromatic carbocycles. The Morgan fingerprint density at radius 3 is 2.46 bits per heavy atom. The predicted molar refractivity (Wildman–Crippen MR) is 97.0 cm³/mol. The van der Waals surface area contributed by atoms with E-state index >= 15 is 0 Å². The van der Waals surface area contributed by atoms with Crippen molar-refractivity contribution in [2.75, 3.05) is 47.6 Å². The van der Waals surface area contributed by atoms with Crippen molar-refractivity contribution in [2.45, 2.75) is 26.2 Å². The number of benzene rings is 1. The highest BCUT2D eigenvalue weighted by Crippen LogP contribution is 2.40. The van der Waals surface area contributed by atoms with Gasteiger partial charge in [0.2, 0.25) is 5.75 Å². The minimum Gasteiger partial charge on any atom is -0.493 e. The van der Waals surface area contributed by atoms with Crippen LogP contribution in [0.5, 0.6) is 17.2 Å². The highest BCUT2D eigenvalue weighted by molar-refractivity contribution is 5.55. The number of aryl methyl sites for hydroxylation is 1. The molecule has 1 aliphatic heterocycles. The number of rotatable bonds is 9. The maximum Gasteiger partial charge on any atom is 0.203 e. The van der Waals surface area contributed by atoms with Gasteiger partial charge >= 0.3 is 0 Å². The van der Waals surface area contributed by atoms with Crippen molar-refractivity contribution in [3.05, 3.63) is 30.0 Å². The second-order valence-electron chi connectivity index (χ2n) is 5.96. The third kappa shape index (κ3) is 4.57. The molecule has 1 aromatic rings. The summed E-state index contributed by atoms with van der Waals surface area (Å²) >= 11 is 0. The van der Waals surface area contributed by atoms with Gasteiger partial charge in [-0.15, -0.1) is 0 Å². The summed E-state index contributed by atoms with van der Waals surface area (Å²) in [6, 6.07) is 4.02. The van der Waals surface area contributed by atoms with Crippen molar-refractivity contribution in [3.8, 4) is 17.2 Å². The molecule has 0 atom stereocenters. The van der Waals surface area contributed by atoms with Gasteiger partial charge in [-0.2, -0.15) is 0 Å². The van der Waals surface area contributed by atoms with Crippen LogP contribution >= 0.6 is 0 Å². The van der Waals surface area contributed by atoms with Crippen LogP contribution in [0.1, 0.15) is 25.3 Å². The van der Waals surface area contributed by atoms with Crippen LogP contribution in [-0.2, 0) is 6.42 Å². The zero-order chi connectivity index (χ0) is 17.4. The Balaban J connectivity index is 1.87. The lowest BCUT2D eigenvalue weighted by molar-refractivity contribution is 0.172. The van der Waals surface area contributed by atoms with Gasteiger partial charge in [-0.25, -0.2) is 0 Å². The summed E-state index contributed by atoms with van der Waals surface area (Å²) in [5, 5.41) is 0. The minimum atomic E-state index is 0.678. The van der Waals surface area contributed by atoms with Crippen molar-refractivity contribution in [1.29, 1.82) is 0 Å². The van der Waals surface area contributed by atoms with Crippen LogP contribution in [0.4, 0.5) is 0 Å². The van der Waals surface area contributed by atoms with E-state index in [1.54, 1.807) is 21.3 Å². The second kappa shape index (κ2) is 9.42. The average molecular weight is 334 g/mol. The first-order valence-electron chi connectivity index (χ1n) is 8.64. The Morgan fingerprint density at radius 2 is 1.79 bits per heavy atom. The maximum atomic E-state index is 5.55. The van der Waals surface area contributed by atoms with Crippen LogP contribution in [-0.4, -0.2) is 57.4 Å². The van der Waals surface area contributed by atoms with Gasteiger partial charge in [-0.1, -0.05) is 12.1 Å². The van der Waals surface area contributed by atoms with E-state index in [0.717, 1.165) is 44.9 Å². The van der Waals surface area contributed by atoms with Crippen molar-refractivity contribution in [1.82, 2.24) is 9.80 Å². The van der Waals surface area contributed by atoms with Crippen LogP contribution in [0.2, 0.25) is 0 Å². The summed E-state index contributed by atoms with van der Waals surface area (Å²) in [7, 11) is 4.97. The smallest absolute Gasteiger partial charge is 0.203 e. The summed E-state index contributed by atoms with van der Waals surface area (Å²) in [5.41, 5.74) is 1.17. The van der Waals surface area contributed by atoms with Crippen LogP contribution in [0.3, 0.4) is 0 Å². The summed E-state index contributed by atoms with van der Waals surface area (Å²) in [6.45, 7) is 6.46. The lowest BCUT2D eigenvalue weighted by Crippen LogP contribution is -2.39. The molecular weight excluding hydrogens is 304 g/mol. The zero-order valence-corrected chi connectivity index (χ0v) is 15.4. The largest absolute Gasteiger partial charge is 0.493 e. The lowest BCUT2D eigenvalue weighted by Gasteiger charge is -2.31. The first kappa shape index (κ1) is 18.5. The Labute approximate surface area is 145 Å². The van der Waals surface area contributed by atoms with Crippen molar-refractivity contribution in [3.63, 3.8) is 0 Å². The minimum absolute atomic E-state index is 0.678. The summed E-state index contributed by atoms with van der Waals surface area (Å²) in [5.74, 6) is 2.17. The zero-order valence-electron chi connectivity index (χ0n) is 15.4. The number of unbranched alkanes of at least 4 members (excludes halogenated alkanes) is 1. The van der Waals surface area contributed by atoms with E-state index in [0.29, 0.717) is 11.5 Å². The van der Waals surface area contributed by atoms with Gasteiger partial charge in [0.15, 0.2) is 11.5 Å². The molecule has 0 saturated carbocycles. The fraction of sp³-hybridized carbons (Fsp3) is 0.579. The third-order valence-corrected chi connectivity index (χ3v) is 4.42. The third-order valence-electron chi connectivity index (χ3n) is 4.42. The van der Waals surface area contributed by atoms with Crippen molar-refractivity contribution < 1.29 is 14.2 Å². The van der Waals surface area contributed by atoms with Crippen LogP contribution in [0, 0.1) is 0 Å². The molecule has 0 aromatic heterocycles. The molecule has 0 aliphatic carbocycles. The van der Waals surface area contributed by atoms with E-state index in [4.69, 9.17) is 14.2 Å². The number of methoxy groups -OCH3 is 3. The van der Waals surface area contributed by atoms with E-state index in [9.17, 15) is 0 Å². The number of nitrogens with zero attached hydrogens (tertiary/aromatic N) is 2. The molecule has 0 radical (unpaired) electrons. The molecule has 1 heterocycles. The van der Waals surface area contributed by atoms with Crippen LogP contribution in [0.25, 0.3) is 0 Å². The van der Waals surface area contributed by atoms with Gasteiger partial charge in [0, 0.05) is 19.6 Å². The Hall–Kier alpha value is -1.88. The van der Waals surface area contributed by atoms with Crippen molar-refractivity contribution in [2.24, 2.45) is 0 Å². The lowest BCUT2D eigenvalue weighted by atomic mass is 10.1. The first-order chi connectivity index (χ1) is 11.7. The van der Waals surface area contributed by atoms with E-state index in [1.165, 1.54) is 12.0 Å². The monoisotopic (exact) mass is 334 g/mol. The van der Waals surface area contributed by atoms with Gasteiger partial charge in [-0.05, 0) is 44.0 Å². The average Bonchev–Trinajstić information content (AvgIpc) is 2.64. The molecule has 5 heteroatoms. The Morgan fingerprint density at radius 1 is 1.00 bits per heavy atom. The summed E-state index contributed by atoms with van der Waals surface area (Å²) in [6.07, 6.45) is 7.71. The molecular formula is C19H30N2O3. The van der Waals surface area contributed by atoms with Gasteiger partial charge in [0.05, 0.1) is 28.0 Å². The Kier molecular flexibility index (Phi) is 7.25. The van der Waals surface area contributed by atoms with Gasteiger partial charge < -0.3 is 19.1 Å². The number of hydrogen-bond acceptors (Lipinski definition) is 5. The molecule has 0 unspecified atom stereocenters. The highest BCUT2D eigenvalue weighted by Gasteiger charge is 2.16. The quantitative estimate of drug-likeness (QED) is 0.648. The SMILES string of the molecule is CCN1C=CCN(CCCCc2ccc(OC)c(OC)c2OC)C1. The fourth-order valence-electron chi connectivity index (χ4n) is 3.09. The predicted octanol–water partition coefficient (Wildman–Crippen LogP) is 3.14. The molecule has 2 rings (SSSR count). The molecule has 0 saturated heterocycles. The summed E-state index contributed by atoms with van der Waals surface area (Å²) < 4.78 is 16.3. The normalized spacial score (nSPS) is 14.8. The molecule has 0 spiro atoms. The molecule has 0 bridgehead atoms. The molecule has 0 amide bonds. The van der Waals surface area contributed by atoms with Crippen LogP contribution in [0.15, 0.2) is 24.4 Å². The standard InChI is InChI=1S/C19H30N2O3/c1-5-20-13-8-14-21(15-20)12-7-6-9-16-10-11-17(22-2)19(24-4)18(16)23-3/h8,10-11,13H,5-7,9,12,14-15H2,1-4H3. The molecule has 24 heavy (non-hydrogen) atoms. The highest BCUT2D eigenvalue weighted by atomic mass is 16.5. The van der Waals surface area contributed by atoms with Gasteiger partial charge in [0.1, 0.15) is 0 Å². The molecule has 0 N–H and O–H groups in total. The molecule has 0 fully saturated rings. The van der Waals surface area contributed by atoms with E-state index < -0.39 is 0 Å². The maximum absolute atomic E-state index is 5.55. The molecule has 1 aliphatic rings. The van der Waals surface area contributed by atoms with Gasteiger partial charge in [0.25, 0.3) is 0 Å². The van der Waals surface area contributed by atoms with Crippen molar-refractivity contribution >= 4 is 0 Å². The number of hydrogen-bond donors (Lipinski definition) is 0. The first-order valence-corrected chi connectivity index (χ1v) is 8.64. The Bertz CT molecular complexity index is 546. The van der Waals surface area contributed by atoms with E-state index in [2.05, 4.69) is 35.1 Å². The number of ether oxygens (including phenoxy) is 3. The second-order valence-corrected chi connectivity index (χ2v) is 5.96. The van der Waals surface area contributed by atoms with E-state index in [-0.39, 0.29) is 0 Å². The molecule has 134 valence electrons. The van der Waals surface area contributed by atoms with E-state index in [1.807, 2.05) is 6.07 Å². The topological polar surface area (TPSA) is 34.2 Å². The fourth-order valence-corrected chi connectivity index (χ4v) is 3.09. The molecule has 5 nitrogen and oxygen atoms in total. The summed E-state index contributed by atoms with van der Waals surface area (Å²) in [4.78, 5) is 4.82. The van der Waals surface area contributed by atoms with Gasteiger partial charge in [-0.3, -0.25) is 4.90 Å².